The third-order valence-electron chi connectivity index (χ3n) is 6.08. The van der Waals surface area contributed by atoms with Gasteiger partial charge in [0.25, 0.3) is 5.91 Å². The Bertz CT molecular complexity index is 880. The Hall–Kier alpha value is -2.76. The molecule has 2 heterocycles. The summed E-state index contributed by atoms with van der Waals surface area (Å²) in [5.41, 5.74) is 2.18. The zero-order chi connectivity index (χ0) is 20.2. The number of hydrogen-bond donors (Lipinski definition) is 1. The quantitative estimate of drug-likeness (QED) is 0.844. The average Bonchev–Trinajstić information content (AvgIpc) is 2.71. The fourth-order valence-corrected chi connectivity index (χ4v) is 4.10. The van der Waals surface area contributed by atoms with Crippen molar-refractivity contribution in [1.82, 2.24) is 20.2 Å². The summed E-state index contributed by atoms with van der Waals surface area (Å²) in [6, 6.07) is 9.73. The molecule has 0 bridgehead atoms. The standard InChI is InChI=1S/C23H28N4O2/c1-16-19(22(28)25-14-17-8-3-2-4-9-17)15-24-21(26-16)20-12-5-6-13-27(20)23(29)18-10-7-11-18/h2-4,8-9,15,18,20H,5-7,10-14H2,1H3,(H,25,28)/t20-/m0/s1. The van der Waals surface area contributed by atoms with Gasteiger partial charge in [-0.2, -0.15) is 0 Å². The monoisotopic (exact) mass is 392 g/mol. The van der Waals surface area contributed by atoms with Gasteiger partial charge in [0, 0.05) is 25.2 Å². The first kappa shape index (κ1) is 19.6. The Morgan fingerprint density at radius 3 is 2.59 bits per heavy atom. The first-order valence-corrected chi connectivity index (χ1v) is 10.6. The normalized spacial score (nSPS) is 19.5. The van der Waals surface area contributed by atoms with Crippen molar-refractivity contribution in [3.63, 3.8) is 0 Å². The first-order valence-electron chi connectivity index (χ1n) is 10.6. The van der Waals surface area contributed by atoms with Crippen LogP contribution in [0.15, 0.2) is 36.5 Å². The van der Waals surface area contributed by atoms with E-state index in [0.717, 1.165) is 50.6 Å². The molecule has 1 aliphatic heterocycles. The molecule has 6 nitrogen and oxygen atoms in total. The number of likely N-dealkylation sites (tertiary alicyclic amines) is 1. The second-order valence-electron chi connectivity index (χ2n) is 8.07. The summed E-state index contributed by atoms with van der Waals surface area (Å²) in [7, 11) is 0. The van der Waals surface area contributed by atoms with Crippen LogP contribution in [0, 0.1) is 12.8 Å². The first-order chi connectivity index (χ1) is 14.1. The molecule has 2 amide bonds. The number of amides is 2. The maximum atomic E-state index is 12.9. The smallest absolute Gasteiger partial charge is 0.254 e. The van der Waals surface area contributed by atoms with E-state index < -0.39 is 0 Å². The molecule has 0 radical (unpaired) electrons. The number of hydrogen-bond acceptors (Lipinski definition) is 4. The molecule has 2 aromatic rings. The molecule has 1 saturated carbocycles. The molecule has 2 aliphatic rings. The molecule has 1 saturated heterocycles. The van der Waals surface area contributed by atoms with E-state index in [1.54, 1.807) is 6.20 Å². The minimum Gasteiger partial charge on any atom is -0.348 e. The van der Waals surface area contributed by atoms with E-state index in [0.29, 0.717) is 23.6 Å². The van der Waals surface area contributed by atoms with Crippen LogP contribution in [-0.2, 0) is 11.3 Å². The lowest BCUT2D eigenvalue weighted by molar-refractivity contribution is -0.142. The molecule has 1 atom stereocenters. The van der Waals surface area contributed by atoms with Gasteiger partial charge in [0.1, 0.15) is 0 Å². The van der Waals surface area contributed by atoms with Crippen LogP contribution >= 0.6 is 0 Å². The third kappa shape index (κ3) is 4.31. The Labute approximate surface area is 171 Å². The van der Waals surface area contributed by atoms with Gasteiger partial charge in [-0.05, 0) is 44.6 Å². The van der Waals surface area contributed by atoms with E-state index in [1.165, 1.54) is 0 Å². The van der Waals surface area contributed by atoms with Crippen LogP contribution in [-0.4, -0.2) is 33.2 Å². The van der Waals surface area contributed by atoms with Crippen molar-refractivity contribution in [2.45, 2.75) is 58.0 Å². The summed E-state index contributed by atoms with van der Waals surface area (Å²) in [5.74, 6) is 0.921. The van der Waals surface area contributed by atoms with Crippen molar-refractivity contribution in [2.24, 2.45) is 5.92 Å². The predicted octanol–water partition coefficient (Wildman–Crippen LogP) is 3.57. The largest absolute Gasteiger partial charge is 0.348 e. The van der Waals surface area contributed by atoms with Crippen molar-refractivity contribution in [3.05, 3.63) is 59.2 Å². The van der Waals surface area contributed by atoms with E-state index in [9.17, 15) is 9.59 Å². The molecule has 29 heavy (non-hydrogen) atoms. The van der Waals surface area contributed by atoms with Gasteiger partial charge in [0.2, 0.25) is 5.91 Å². The second kappa shape index (κ2) is 8.72. The molecule has 6 heteroatoms. The van der Waals surface area contributed by atoms with Crippen LogP contribution in [0.2, 0.25) is 0 Å². The highest BCUT2D eigenvalue weighted by Crippen LogP contribution is 2.35. The average molecular weight is 393 g/mol. The van der Waals surface area contributed by atoms with Crippen LogP contribution in [0.5, 0.6) is 0 Å². The van der Waals surface area contributed by atoms with Crippen molar-refractivity contribution in [1.29, 1.82) is 0 Å². The van der Waals surface area contributed by atoms with Crippen molar-refractivity contribution < 1.29 is 9.59 Å². The number of piperidine rings is 1. The van der Waals surface area contributed by atoms with E-state index >= 15 is 0 Å². The summed E-state index contributed by atoms with van der Waals surface area (Å²) in [6.07, 6.45) is 7.76. The van der Waals surface area contributed by atoms with E-state index in [1.807, 2.05) is 42.2 Å². The number of aryl methyl sites for hydroxylation is 1. The molecule has 0 spiro atoms. The van der Waals surface area contributed by atoms with Gasteiger partial charge in [-0.1, -0.05) is 36.8 Å². The van der Waals surface area contributed by atoms with Crippen LogP contribution in [0.4, 0.5) is 0 Å². The SMILES string of the molecule is Cc1nc([C@@H]2CCCCN2C(=O)C2CCC2)ncc1C(=O)NCc1ccccc1. The summed E-state index contributed by atoms with van der Waals surface area (Å²) in [4.78, 5) is 36.6. The van der Waals surface area contributed by atoms with Gasteiger partial charge in [0.15, 0.2) is 5.82 Å². The van der Waals surface area contributed by atoms with E-state index in [-0.39, 0.29) is 23.8 Å². The summed E-state index contributed by atoms with van der Waals surface area (Å²) in [5, 5.41) is 2.93. The highest BCUT2D eigenvalue weighted by molar-refractivity contribution is 5.94. The van der Waals surface area contributed by atoms with Crippen LogP contribution < -0.4 is 5.32 Å². The van der Waals surface area contributed by atoms with Crippen LogP contribution in [0.3, 0.4) is 0 Å². The zero-order valence-corrected chi connectivity index (χ0v) is 16.9. The summed E-state index contributed by atoms with van der Waals surface area (Å²) in [6.45, 7) is 3.08. The van der Waals surface area contributed by atoms with Crippen LogP contribution in [0.1, 0.15) is 72.0 Å². The van der Waals surface area contributed by atoms with Gasteiger partial charge in [-0.15, -0.1) is 0 Å². The molecular weight excluding hydrogens is 364 g/mol. The number of benzene rings is 1. The lowest BCUT2D eigenvalue weighted by atomic mass is 9.83. The second-order valence-corrected chi connectivity index (χ2v) is 8.07. The third-order valence-corrected chi connectivity index (χ3v) is 6.08. The number of aromatic nitrogens is 2. The Balaban J connectivity index is 1.46. The Morgan fingerprint density at radius 2 is 1.90 bits per heavy atom. The molecule has 1 N–H and O–H groups in total. The van der Waals surface area contributed by atoms with E-state index in [2.05, 4.69) is 15.3 Å². The number of carbonyl (C=O) groups is 2. The number of nitrogens with one attached hydrogen (secondary N) is 1. The topological polar surface area (TPSA) is 75.2 Å². The van der Waals surface area contributed by atoms with Gasteiger partial charge < -0.3 is 10.2 Å². The van der Waals surface area contributed by atoms with Crippen molar-refractivity contribution >= 4 is 11.8 Å². The fraction of sp³-hybridized carbons (Fsp3) is 0.478. The predicted molar refractivity (Wildman–Crippen MR) is 110 cm³/mol. The highest BCUT2D eigenvalue weighted by atomic mass is 16.2. The lowest BCUT2D eigenvalue weighted by Gasteiger charge is -2.39. The van der Waals surface area contributed by atoms with Crippen molar-refractivity contribution in [3.8, 4) is 0 Å². The summed E-state index contributed by atoms with van der Waals surface area (Å²) < 4.78 is 0. The fourth-order valence-electron chi connectivity index (χ4n) is 4.10. The molecule has 1 aliphatic carbocycles. The Kier molecular flexibility index (Phi) is 5.88. The van der Waals surface area contributed by atoms with Gasteiger partial charge in [-0.25, -0.2) is 9.97 Å². The molecule has 1 aromatic carbocycles. The zero-order valence-electron chi connectivity index (χ0n) is 16.9. The molecule has 152 valence electrons. The van der Waals surface area contributed by atoms with Crippen molar-refractivity contribution in [2.75, 3.05) is 6.54 Å². The lowest BCUT2D eigenvalue weighted by Crippen LogP contribution is -2.44. The van der Waals surface area contributed by atoms with Gasteiger partial charge in [0.05, 0.1) is 17.3 Å². The number of carbonyl (C=O) groups excluding carboxylic acids is 2. The Morgan fingerprint density at radius 1 is 1.10 bits per heavy atom. The van der Waals surface area contributed by atoms with E-state index in [4.69, 9.17) is 0 Å². The minimum absolute atomic E-state index is 0.0722. The molecular formula is C23H28N4O2. The maximum Gasteiger partial charge on any atom is 0.254 e. The van der Waals surface area contributed by atoms with Gasteiger partial charge >= 0.3 is 0 Å². The number of nitrogens with zero attached hydrogens (tertiary/aromatic N) is 3. The summed E-state index contributed by atoms with van der Waals surface area (Å²) >= 11 is 0. The number of rotatable bonds is 5. The molecule has 0 unspecified atom stereocenters. The minimum atomic E-state index is -0.177. The maximum absolute atomic E-state index is 12.9. The molecule has 2 fully saturated rings. The van der Waals surface area contributed by atoms with Crippen LogP contribution in [0.25, 0.3) is 0 Å². The highest BCUT2D eigenvalue weighted by Gasteiger charge is 2.36. The molecule has 1 aromatic heterocycles. The van der Waals surface area contributed by atoms with Gasteiger partial charge in [-0.3, -0.25) is 9.59 Å². The molecule has 4 rings (SSSR count).